The average Bonchev–Trinajstić information content (AvgIpc) is 2.76. The van der Waals surface area contributed by atoms with Gasteiger partial charge in [-0.1, -0.05) is 58.2 Å². The van der Waals surface area contributed by atoms with Crippen LogP contribution in [0.15, 0.2) is 46.9 Å². The molecule has 0 aromatic heterocycles. The summed E-state index contributed by atoms with van der Waals surface area (Å²) in [5.74, 6) is 0.757. The summed E-state index contributed by atoms with van der Waals surface area (Å²) in [6.07, 6.45) is 4.52. The highest BCUT2D eigenvalue weighted by atomic mass is 79.9. The van der Waals surface area contributed by atoms with Crippen LogP contribution in [0, 0.1) is 0 Å². The number of unbranched alkanes of at least 4 members (excludes halogenated alkanes) is 3. The van der Waals surface area contributed by atoms with Gasteiger partial charge in [0.05, 0.1) is 11.1 Å². The van der Waals surface area contributed by atoms with Crippen molar-refractivity contribution in [2.75, 3.05) is 13.2 Å². The Hall–Kier alpha value is -2.54. The van der Waals surface area contributed by atoms with E-state index in [9.17, 15) is 9.59 Å². The number of hydrazine groups is 1. The molecule has 0 fully saturated rings. The fourth-order valence-corrected chi connectivity index (χ4v) is 3.43. The minimum atomic E-state index is -0.446. The highest BCUT2D eigenvalue weighted by molar-refractivity contribution is 9.10. The van der Waals surface area contributed by atoms with Crippen LogP contribution in [-0.4, -0.2) is 25.0 Å². The summed E-state index contributed by atoms with van der Waals surface area (Å²) in [4.78, 5) is 24.4. The van der Waals surface area contributed by atoms with Crippen molar-refractivity contribution in [1.29, 1.82) is 0 Å². The van der Waals surface area contributed by atoms with Crippen LogP contribution < -0.4 is 20.3 Å². The number of para-hydroxylation sites is 1. The average molecular weight is 491 g/mol. The monoisotopic (exact) mass is 490 g/mol. The standard InChI is InChI=1S/C24H31BrN2O4/c1-4-5-6-9-14-30-22-13-12-18(15-20(22)25)24(29)27-26-23(28)16-31-21-11-8-7-10-19(21)17(2)3/h7-8,10-13,15,17H,4-6,9,14,16H2,1-3H3,(H,26,28)(H,27,29). The van der Waals surface area contributed by atoms with Crippen molar-refractivity contribution in [3.05, 3.63) is 58.1 Å². The van der Waals surface area contributed by atoms with Gasteiger partial charge in [-0.15, -0.1) is 0 Å². The van der Waals surface area contributed by atoms with Crippen LogP contribution in [0.3, 0.4) is 0 Å². The largest absolute Gasteiger partial charge is 0.492 e. The lowest BCUT2D eigenvalue weighted by molar-refractivity contribution is -0.123. The van der Waals surface area contributed by atoms with Gasteiger partial charge in [-0.2, -0.15) is 0 Å². The van der Waals surface area contributed by atoms with Crippen molar-refractivity contribution in [2.24, 2.45) is 0 Å². The summed E-state index contributed by atoms with van der Waals surface area (Å²) in [5, 5.41) is 0. The fraction of sp³-hybridized carbons (Fsp3) is 0.417. The predicted octanol–water partition coefficient (Wildman–Crippen LogP) is 5.37. The van der Waals surface area contributed by atoms with Crippen LogP contribution in [0.2, 0.25) is 0 Å². The van der Waals surface area contributed by atoms with E-state index < -0.39 is 11.8 Å². The Kier molecular flexibility index (Phi) is 10.4. The summed E-state index contributed by atoms with van der Waals surface area (Å²) in [6, 6.07) is 12.6. The molecule has 0 bridgehead atoms. The Morgan fingerprint density at radius 2 is 1.74 bits per heavy atom. The van der Waals surface area contributed by atoms with Gasteiger partial charge in [-0.3, -0.25) is 20.4 Å². The van der Waals surface area contributed by atoms with Gasteiger partial charge in [0.1, 0.15) is 11.5 Å². The number of ether oxygens (including phenoxy) is 2. The third-order valence-electron chi connectivity index (χ3n) is 4.66. The molecular formula is C24H31BrN2O4. The lowest BCUT2D eigenvalue weighted by atomic mass is 10.0. The molecule has 168 valence electrons. The van der Waals surface area contributed by atoms with Crippen LogP contribution in [0.1, 0.15) is 68.3 Å². The first-order chi connectivity index (χ1) is 14.9. The molecule has 31 heavy (non-hydrogen) atoms. The quantitative estimate of drug-likeness (QED) is 0.327. The highest BCUT2D eigenvalue weighted by Gasteiger charge is 2.12. The van der Waals surface area contributed by atoms with Crippen LogP contribution in [0.4, 0.5) is 0 Å². The van der Waals surface area contributed by atoms with Crippen molar-refractivity contribution in [1.82, 2.24) is 10.9 Å². The Morgan fingerprint density at radius 1 is 0.968 bits per heavy atom. The first-order valence-electron chi connectivity index (χ1n) is 10.7. The Bertz CT molecular complexity index is 870. The molecule has 6 nitrogen and oxygen atoms in total. The minimum absolute atomic E-state index is 0.196. The maximum absolute atomic E-state index is 12.3. The molecule has 0 heterocycles. The maximum Gasteiger partial charge on any atom is 0.276 e. The number of benzene rings is 2. The van der Waals surface area contributed by atoms with Crippen LogP contribution >= 0.6 is 15.9 Å². The molecule has 0 saturated carbocycles. The first kappa shape index (κ1) is 24.7. The SMILES string of the molecule is CCCCCCOc1ccc(C(=O)NNC(=O)COc2ccccc2C(C)C)cc1Br. The van der Waals surface area contributed by atoms with Gasteiger partial charge in [-0.25, -0.2) is 0 Å². The van der Waals surface area contributed by atoms with E-state index in [1.54, 1.807) is 18.2 Å². The Labute approximate surface area is 192 Å². The molecule has 2 N–H and O–H groups in total. The van der Waals surface area contributed by atoms with Crippen LogP contribution in [0.5, 0.6) is 11.5 Å². The molecule has 0 aliphatic heterocycles. The van der Waals surface area contributed by atoms with E-state index in [1.807, 2.05) is 24.3 Å². The third-order valence-corrected chi connectivity index (χ3v) is 5.28. The van der Waals surface area contributed by atoms with E-state index in [-0.39, 0.29) is 12.5 Å². The molecule has 0 atom stereocenters. The zero-order valence-electron chi connectivity index (χ0n) is 18.4. The molecular weight excluding hydrogens is 460 g/mol. The molecule has 0 saturated heterocycles. The molecule has 0 radical (unpaired) electrons. The highest BCUT2D eigenvalue weighted by Crippen LogP contribution is 2.27. The maximum atomic E-state index is 12.3. The van der Waals surface area contributed by atoms with E-state index >= 15 is 0 Å². The number of hydrogen-bond donors (Lipinski definition) is 2. The van der Waals surface area contributed by atoms with E-state index in [2.05, 4.69) is 47.6 Å². The Morgan fingerprint density at radius 3 is 2.45 bits per heavy atom. The van der Waals surface area contributed by atoms with Gasteiger partial charge in [0.15, 0.2) is 6.61 Å². The van der Waals surface area contributed by atoms with Crippen molar-refractivity contribution < 1.29 is 19.1 Å². The van der Waals surface area contributed by atoms with Gasteiger partial charge in [0.25, 0.3) is 11.8 Å². The summed E-state index contributed by atoms with van der Waals surface area (Å²) in [5.41, 5.74) is 6.21. The topological polar surface area (TPSA) is 76.7 Å². The summed E-state index contributed by atoms with van der Waals surface area (Å²) >= 11 is 3.44. The number of amides is 2. The van der Waals surface area contributed by atoms with Gasteiger partial charge in [0.2, 0.25) is 0 Å². The van der Waals surface area contributed by atoms with Crippen molar-refractivity contribution in [3.8, 4) is 11.5 Å². The van der Waals surface area contributed by atoms with Gasteiger partial charge < -0.3 is 9.47 Å². The number of carbonyl (C=O) groups excluding carboxylic acids is 2. The second-order valence-corrected chi connectivity index (χ2v) is 8.39. The van der Waals surface area contributed by atoms with Crippen molar-refractivity contribution >= 4 is 27.7 Å². The van der Waals surface area contributed by atoms with Crippen molar-refractivity contribution in [2.45, 2.75) is 52.4 Å². The van der Waals surface area contributed by atoms with E-state index in [1.165, 1.54) is 12.8 Å². The zero-order valence-corrected chi connectivity index (χ0v) is 20.0. The van der Waals surface area contributed by atoms with Gasteiger partial charge in [-0.05, 0) is 58.1 Å². The number of hydrogen-bond acceptors (Lipinski definition) is 4. The van der Waals surface area contributed by atoms with E-state index in [0.29, 0.717) is 28.1 Å². The lowest BCUT2D eigenvalue weighted by Crippen LogP contribution is -2.43. The smallest absolute Gasteiger partial charge is 0.276 e. The second-order valence-electron chi connectivity index (χ2n) is 7.54. The molecule has 0 spiro atoms. The second kappa shape index (κ2) is 13.0. The van der Waals surface area contributed by atoms with E-state index in [4.69, 9.17) is 9.47 Å². The first-order valence-corrected chi connectivity index (χ1v) is 11.4. The molecule has 7 heteroatoms. The molecule has 0 aliphatic carbocycles. The fourth-order valence-electron chi connectivity index (χ4n) is 2.94. The molecule has 2 aromatic rings. The molecule has 0 aliphatic rings. The normalized spacial score (nSPS) is 10.6. The van der Waals surface area contributed by atoms with Crippen molar-refractivity contribution in [3.63, 3.8) is 0 Å². The Balaban J connectivity index is 1.80. The number of rotatable bonds is 11. The lowest BCUT2D eigenvalue weighted by Gasteiger charge is -2.14. The number of halogens is 1. The minimum Gasteiger partial charge on any atom is -0.492 e. The number of nitrogens with one attached hydrogen (secondary N) is 2. The summed E-state index contributed by atoms with van der Waals surface area (Å²) in [6.45, 7) is 6.73. The van der Waals surface area contributed by atoms with Crippen LogP contribution in [0.25, 0.3) is 0 Å². The molecule has 0 unspecified atom stereocenters. The third kappa shape index (κ3) is 8.25. The van der Waals surface area contributed by atoms with Gasteiger partial charge in [0, 0.05) is 5.56 Å². The molecule has 2 aromatic carbocycles. The summed E-state index contributed by atoms with van der Waals surface area (Å²) < 4.78 is 12.0. The molecule has 2 amide bonds. The zero-order chi connectivity index (χ0) is 22.6. The summed E-state index contributed by atoms with van der Waals surface area (Å²) in [7, 11) is 0. The van der Waals surface area contributed by atoms with Gasteiger partial charge >= 0.3 is 0 Å². The van der Waals surface area contributed by atoms with E-state index in [0.717, 1.165) is 18.4 Å². The number of carbonyl (C=O) groups is 2. The predicted molar refractivity (Wildman–Crippen MR) is 125 cm³/mol. The molecule has 2 rings (SSSR count). The van der Waals surface area contributed by atoms with Crippen LogP contribution in [-0.2, 0) is 4.79 Å².